The number of fused-ring (bicyclic) bond motifs is 2. The number of aromatic nitrogens is 3. The number of benzene rings is 3. The smallest absolute Gasteiger partial charge is 0.337 e. The third-order valence-electron chi connectivity index (χ3n) is 6.23. The molecule has 0 fully saturated rings. The van der Waals surface area contributed by atoms with E-state index in [1.54, 1.807) is 18.2 Å². The molecule has 0 aliphatic carbocycles. The van der Waals surface area contributed by atoms with Crippen molar-refractivity contribution in [1.82, 2.24) is 14.8 Å². The van der Waals surface area contributed by atoms with Gasteiger partial charge in [-0.05, 0) is 73.9 Å². The molecule has 2 aromatic heterocycles. The molecule has 6 heteroatoms. The third-order valence-corrected chi connectivity index (χ3v) is 6.23. The summed E-state index contributed by atoms with van der Waals surface area (Å²) >= 11 is 0. The summed E-state index contributed by atoms with van der Waals surface area (Å²) in [7, 11) is 1.92. The molecule has 2 heterocycles. The van der Waals surface area contributed by atoms with Crippen molar-refractivity contribution in [2.24, 2.45) is 7.05 Å². The molecule has 2 N–H and O–H groups in total. The van der Waals surface area contributed by atoms with Gasteiger partial charge in [0, 0.05) is 47.0 Å². The van der Waals surface area contributed by atoms with Crippen LogP contribution in [0.15, 0.2) is 66.9 Å². The highest BCUT2D eigenvalue weighted by atomic mass is 16.4. The Hall–Kier alpha value is -4.19. The average Bonchev–Trinajstić information content (AvgIpc) is 3.17. The lowest BCUT2D eigenvalue weighted by Gasteiger charge is -2.20. The van der Waals surface area contributed by atoms with E-state index in [-0.39, 0.29) is 11.6 Å². The molecule has 6 nitrogen and oxygen atoms in total. The zero-order valence-electron chi connectivity index (χ0n) is 19.6. The van der Waals surface area contributed by atoms with E-state index in [0.29, 0.717) is 5.69 Å². The summed E-state index contributed by atoms with van der Waals surface area (Å²) in [6.45, 7) is 6.14. The number of pyridine rings is 1. The fourth-order valence-corrected chi connectivity index (χ4v) is 4.62. The number of carboxylic acid groups (broad SMARTS) is 1. The first kappa shape index (κ1) is 21.6. The number of para-hydroxylation sites is 1. The minimum atomic E-state index is -0.949. The van der Waals surface area contributed by atoms with Gasteiger partial charge in [-0.15, -0.1) is 0 Å². The number of carbonyl (C=O) groups is 1. The first-order valence-electron chi connectivity index (χ1n) is 11.2. The van der Waals surface area contributed by atoms with Crippen LogP contribution in [0.5, 0.6) is 0 Å². The molecule has 0 aliphatic rings. The Balaban J connectivity index is 1.63. The second-order valence-corrected chi connectivity index (χ2v) is 8.84. The third kappa shape index (κ3) is 3.88. The van der Waals surface area contributed by atoms with E-state index >= 15 is 0 Å². The molecule has 5 rings (SSSR count). The highest BCUT2D eigenvalue weighted by Crippen LogP contribution is 2.34. The lowest BCUT2D eigenvalue weighted by molar-refractivity contribution is 0.0698. The molecule has 3 aromatic carbocycles. The lowest BCUT2D eigenvalue weighted by Crippen LogP contribution is -2.11. The highest BCUT2D eigenvalue weighted by molar-refractivity contribution is 5.95. The van der Waals surface area contributed by atoms with Gasteiger partial charge < -0.3 is 10.4 Å². The maximum absolute atomic E-state index is 11.7. The molecule has 0 aliphatic heterocycles. The van der Waals surface area contributed by atoms with Gasteiger partial charge in [0.05, 0.1) is 16.6 Å². The molecule has 0 saturated carbocycles. The van der Waals surface area contributed by atoms with Crippen LogP contribution >= 0.6 is 0 Å². The zero-order chi connectivity index (χ0) is 24.0. The Morgan fingerprint density at radius 2 is 1.82 bits per heavy atom. The molecule has 0 amide bonds. The van der Waals surface area contributed by atoms with Crippen molar-refractivity contribution in [2.75, 3.05) is 5.32 Å². The molecule has 170 valence electrons. The van der Waals surface area contributed by atoms with E-state index in [2.05, 4.69) is 47.7 Å². The normalized spacial score (nSPS) is 12.2. The number of carboxylic acids is 1. The minimum absolute atomic E-state index is 0.124. The van der Waals surface area contributed by atoms with Crippen LogP contribution in [0.1, 0.15) is 40.1 Å². The van der Waals surface area contributed by atoms with Gasteiger partial charge in [-0.3, -0.25) is 9.67 Å². The van der Waals surface area contributed by atoms with E-state index in [1.165, 1.54) is 0 Å². The summed E-state index contributed by atoms with van der Waals surface area (Å²) < 4.78 is 1.82. The van der Waals surface area contributed by atoms with E-state index in [1.807, 2.05) is 43.9 Å². The molecule has 0 bridgehead atoms. The van der Waals surface area contributed by atoms with Crippen molar-refractivity contribution in [3.05, 3.63) is 89.2 Å². The summed E-state index contributed by atoms with van der Waals surface area (Å²) in [5.41, 5.74) is 8.06. The van der Waals surface area contributed by atoms with Crippen LogP contribution in [0.25, 0.3) is 32.9 Å². The number of aryl methyl sites for hydroxylation is 3. The Morgan fingerprint density at radius 1 is 1.03 bits per heavy atom. The summed E-state index contributed by atoms with van der Waals surface area (Å²) in [6, 6.07) is 19.6. The molecule has 5 aromatic rings. The SMILES string of the molecule is Cc1cc(C(C)Nc2ccccc2C(=O)O)c2cc(-c3ccc4nn(C)cc4c3)c(C)nc2c1. The zero-order valence-corrected chi connectivity index (χ0v) is 19.6. The van der Waals surface area contributed by atoms with Gasteiger partial charge in [0.1, 0.15) is 0 Å². The number of hydrogen-bond acceptors (Lipinski definition) is 4. The van der Waals surface area contributed by atoms with E-state index in [0.717, 1.165) is 49.8 Å². The summed E-state index contributed by atoms with van der Waals surface area (Å²) in [4.78, 5) is 16.6. The van der Waals surface area contributed by atoms with Crippen LogP contribution in [0.2, 0.25) is 0 Å². The first-order chi connectivity index (χ1) is 16.3. The van der Waals surface area contributed by atoms with Crippen molar-refractivity contribution in [1.29, 1.82) is 0 Å². The number of nitrogens with one attached hydrogen (secondary N) is 1. The predicted octanol–water partition coefficient (Wildman–Crippen LogP) is 6.28. The van der Waals surface area contributed by atoms with Crippen molar-refractivity contribution < 1.29 is 9.90 Å². The fraction of sp³-hybridized carbons (Fsp3) is 0.179. The summed E-state index contributed by atoms with van der Waals surface area (Å²) in [5, 5.41) is 19.6. The van der Waals surface area contributed by atoms with Gasteiger partial charge in [-0.1, -0.05) is 24.3 Å². The second kappa shape index (κ2) is 8.30. The molecule has 1 unspecified atom stereocenters. The van der Waals surface area contributed by atoms with Crippen LogP contribution in [0, 0.1) is 13.8 Å². The fourth-order valence-electron chi connectivity index (χ4n) is 4.62. The van der Waals surface area contributed by atoms with Crippen LogP contribution < -0.4 is 5.32 Å². The Labute approximate surface area is 197 Å². The number of rotatable bonds is 5. The molecular formula is C28H26N4O2. The van der Waals surface area contributed by atoms with Crippen molar-refractivity contribution in [3.63, 3.8) is 0 Å². The number of aromatic carboxylic acids is 1. The average molecular weight is 451 g/mol. The second-order valence-electron chi connectivity index (χ2n) is 8.84. The Bertz CT molecular complexity index is 1570. The van der Waals surface area contributed by atoms with Gasteiger partial charge in [0.25, 0.3) is 0 Å². The summed E-state index contributed by atoms with van der Waals surface area (Å²) in [6.07, 6.45) is 2.02. The Morgan fingerprint density at radius 3 is 2.62 bits per heavy atom. The maximum atomic E-state index is 11.7. The van der Waals surface area contributed by atoms with Crippen molar-refractivity contribution in [2.45, 2.75) is 26.8 Å². The van der Waals surface area contributed by atoms with E-state index in [9.17, 15) is 9.90 Å². The quantitative estimate of drug-likeness (QED) is 0.330. The van der Waals surface area contributed by atoms with Crippen LogP contribution in [0.3, 0.4) is 0 Å². The number of hydrogen-bond donors (Lipinski definition) is 2. The summed E-state index contributed by atoms with van der Waals surface area (Å²) in [5.74, 6) is -0.949. The lowest BCUT2D eigenvalue weighted by atomic mass is 9.95. The largest absolute Gasteiger partial charge is 0.478 e. The Kier molecular flexibility index (Phi) is 5.28. The minimum Gasteiger partial charge on any atom is -0.478 e. The highest BCUT2D eigenvalue weighted by Gasteiger charge is 2.17. The number of anilines is 1. The molecule has 1 atom stereocenters. The van der Waals surface area contributed by atoms with Gasteiger partial charge in [0.2, 0.25) is 0 Å². The van der Waals surface area contributed by atoms with Crippen LogP contribution in [0.4, 0.5) is 5.69 Å². The van der Waals surface area contributed by atoms with Crippen LogP contribution in [-0.4, -0.2) is 25.8 Å². The monoisotopic (exact) mass is 450 g/mol. The topological polar surface area (TPSA) is 80.0 Å². The molecule has 0 radical (unpaired) electrons. The van der Waals surface area contributed by atoms with Crippen LogP contribution in [-0.2, 0) is 7.05 Å². The predicted molar refractivity (Wildman–Crippen MR) is 136 cm³/mol. The van der Waals surface area contributed by atoms with Gasteiger partial charge >= 0.3 is 5.97 Å². The maximum Gasteiger partial charge on any atom is 0.337 e. The molecular weight excluding hydrogens is 424 g/mol. The molecule has 34 heavy (non-hydrogen) atoms. The van der Waals surface area contributed by atoms with Gasteiger partial charge in [-0.25, -0.2) is 4.79 Å². The standard InChI is InChI=1S/C28H26N4O2/c1-16-11-23(18(3)29-26-8-6-5-7-21(26)28(33)34)24-14-22(17(2)30-27(24)12-16)19-9-10-25-20(13-19)15-32(4)31-25/h5-15,18,29H,1-4H3,(H,33,34). The van der Waals surface area contributed by atoms with Crippen molar-refractivity contribution in [3.8, 4) is 11.1 Å². The number of nitrogens with zero attached hydrogens (tertiary/aromatic N) is 3. The van der Waals surface area contributed by atoms with Gasteiger partial charge in [-0.2, -0.15) is 5.10 Å². The van der Waals surface area contributed by atoms with Gasteiger partial charge in [0.15, 0.2) is 0 Å². The van der Waals surface area contributed by atoms with Crippen molar-refractivity contribution >= 4 is 33.5 Å². The van der Waals surface area contributed by atoms with E-state index < -0.39 is 5.97 Å². The molecule has 0 spiro atoms. The first-order valence-corrected chi connectivity index (χ1v) is 11.2. The molecule has 0 saturated heterocycles. The van der Waals surface area contributed by atoms with E-state index in [4.69, 9.17) is 4.98 Å².